The Balaban J connectivity index is 1.73. The summed E-state index contributed by atoms with van der Waals surface area (Å²) in [5, 5.41) is 3.53. The largest absolute Gasteiger partial charge is 0.496 e. The van der Waals surface area contributed by atoms with E-state index in [0.717, 1.165) is 44.8 Å². The summed E-state index contributed by atoms with van der Waals surface area (Å²) in [5.41, 5.74) is 2.36. The number of ether oxygens (including phenoxy) is 2. The lowest BCUT2D eigenvalue weighted by Gasteiger charge is -2.50. The second kappa shape index (κ2) is 10.1. The van der Waals surface area contributed by atoms with Gasteiger partial charge in [0.2, 0.25) is 5.91 Å². The monoisotopic (exact) mass is 417 g/mol. The van der Waals surface area contributed by atoms with Crippen LogP contribution in [0.1, 0.15) is 56.6 Å². The van der Waals surface area contributed by atoms with E-state index in [2.05, 4.69) is 42.3 Å². The van der Waals surface area contributed by atoms with Gasteiger partial charge in [-0.1, -0.05) is 38.8 Å². The van der Waals surface area contributed by atoms with E-state index in [-0.39, 0.29) is 17.6 Å². The molecule has 168 valence electrons. The Labute approximate surface area is 181 Å². The second-order valence-corrected chi connectivity index (χ2v) is 9.32. The Morgan fingerprint density at radius 1 is 1.37 bits per heavy atom. The van der Waals surface area contributed by atoms with Crippen molar-refractivity contribution < 1.29 is 14.3 Å². The zero-order valence-corrected chi connectivity index (χ0v) is 19.4. The van der Waals surface area contributed by atoms with Crippen LogP contribution in [-0.4, -0.2) is 74.8 Å². The number of amides is 1. The number of hydrogen-bond donors (Lipinski definition) is 1. The molecule has 1 saturated heterocycles. The quantitative estimate of drug-likeness (QED) is 0.739. The number of carbonyl (C=O) groups is 1. The topological polar surface area (TPSA) is 54.0 Å². The molecule has 1 spiro atoms. The predicted octanol–water partition coefficient (Wildman–Crippen LogP) is 3.01. The highest BCUT2D eigenvalue weighted by Crippen LogP contribution is 2.36. The van der Waals surface area contributed by atoms with Crippen molar-refractivity contribution in [3.8, 4) is 5.75 Å². The van der Waals surface area contributed by atoms with E-state index in [1.807, 2.05) is 0 Å². The van der Waals surface area contributed by atoms with Crippen LogP contribution in [0, 0.1) is 0 Å². The van der Waals surface area contributed by atoms with Gasteiger partial charge >= 0.3 is 0 Å². The van der Waals surface area contributed by atoms with Crippen LogP contribution in [0.3, 0.4) is 0 Å². The van der Waals surface area contributed by atoms with Gasteiger partial charge in [0.1, 0.15) is 5.75 Å². The smallest absolute Gasteiger partial charge is 0.236 e. The standard InChI is InChI=1S/C24H39N3O3/c1-18(2)19-9-10-21(29-5)20(14-19)16-27-12-13-30-24(17-27)11-7-6-8-22(24)25-15-23(28)26(3)4/h9-10,14,18,22,25H,6-8,11-13,15-17H2,1-5H3/t22-,24+/m0/s1. The highest BCUT2D eigenvalue weighted by molar-refractivity contribution is 5.77. The first kappa shape index (κ1) is 23.0. The average Bonchev–Trinajstić information content (AvgIpc) is 2.73. The molecular weight excluding hydrogens is 378 g/mol. The summed E-state index contributed by atoms with van der Waals surface area (Å²) in [7, 11) is 5.36. The summed E-state index contributed by atoms with van der Waals surface area (Å²) in [6.07, 6.45) is 4.46. The third-order valence-electron chi connectivity index (χ3n) is 6.63. The normalized spacial score (nSPS) is 24.9. The highest BCUT2D eigenvalue weighted by atomic mass is 16.5. The lowest BCUT2D eigenvalue weighted by Crippen LogP contribution is -2.63. The molecule has 0 aromatic heterocycles. The van der Waals surface area contributed by atoms with Gasteiger partial charge in [0.15, 0.2) is 0 Å². The maximum absolute atomic E-state index is 12.1. The molecular formula is C24H39N3O3. The summed E-state index contributed by atoms with van der Waals surface area (Å²) in [5.74, 6) is 1.56. The Morgan fingerprint density at radius 3 is 2.87 bits per heavy atom. The molecule has 30 heavy (non-hydrogen) atoms. The molecule has 1 aromatic rings. The molecule has 2 aliphatic rings. The van der Waals surface area contributed by atoms with E-state index >= 15 is 0 Å². The van der Waals surface area contributed by atoms with Crippen LogP contribution in [0.5, 0.6) is 5.75 Å². The molecule has 1 amide bonds. The third kappa shape index (κ3) is 5.34. The molecule has 2 atom stereocenters. The molecule has 6 heteroatoms. The Bertz CT molecular complexity index is 718. The van der Waals surface area contributed by atoms with Crippen LogP contribution in [0.2, 0.25) is 0 Å². The summed E-state index contributed by atoms with van der Waals surface area (Å²) < 4.78 is 12.1. The number of rotatable bonds is 7. The van der Waals surface area contributed by atoms with Crippen LogP contribution < -0.4 is 10.1 Å². The number of likely N-dealkylation sites (N-methyl/N-ethyl adjacent to an activating group) is 1. The van der Waals surface area contributed by atoms with Gasteiger partial charge in [-0.05, 0) is 30.4 Å². The molecule has 1 aromatic carbocycles. The SMILES string of the molecule is COc1ccc(C(C)C)cc1CN1CCO[C@]2(CCCC[C@@H]2NCC(=O)N(C)C)C1. The first-order valence-corrected chi connectivity index (χ1v) is 11.3. The van der Waals surface area contributed by atoms with Gasteiger partial charge in [-0.25, -0.2) is 0 Å². The summed E-state index contributed by atoms with van der Waals surface area (Å²) in [6, 6.07) is 6.76. The fraction of sp³-hybridized carbons (Fsp3) is 0.708. The van der Waals surface area contributed by atoms with Crippen LogP contribution in [-0.2, 0) is 16.1 Å². The first-order chi connectivity index (χ1) is 14.3. The molecule has 3 rings (SSSR count). The van der Waals surface area contributed by atoms with E-state index < -0.39 is 0 Å². The van der Waals surface area contributed by atoms with E-state index in [4.69, 9.17) is 9.47 Å². The van der Waals surface area contributed by atoms with E-state index in [9.17, 15) is 4.79 Å². The molecule has 6 nitrogen and oxygen atoms in total. The Morgan fingerprint density at radius 2 is 2.17 bits per heavy atom. The molecule has 1 N–H and O–H groups in total. The number of morpholine rings is 1. The van der Waals surface area contributed by atoms with Crippen molar-refractivity contribution in [2.24, 2.45) is 0 Å². The zero-order valence-electron chi connectivity index (χ0n) is 19.4. The van der Waals surface area contributed by atoms with E-state index in [1.165, 1.54) is 24.0 Å². The molecule has 1 aliphatic carbocycles. The van der Waals surface area contributed by atoms with Crippen LogP contribution in [0.15, 0.2) is 18.2 Å². The summed E-state index contributed by atoms with van der Waals surface area (Å²) in [6.45, 7) is 8.21. The number of benzene rings is 1. The summed E-state index contributed by atoms with van der Waals surface area (Å²) >= 11 is 0. The number of methoxy groups -OCH3 is 1. The Kier molecular flexibility index (Phi) is 7.77. The minimum atomic E-state index is -0.216. The fourth-order valence-electron chi connectivity index (χ4n) is 4.77. The minimum absolute atomic E-state index is 0.110. The molecule has 0 radical (unpaired) electrons. The van der Waals surface area contributed by atoms with Gasteiger partial charge in [0, 0.05) is 45.3 Å². The average molecular weight is 418 g/mol. The van der Waals surface area contributed by atoms with Gasteiger partial charge in [0.05, 0.1) is 25.9 Å². The van der Waals surface area contributed by atoms with Crippen molar-refractivity contribution >= 4 is 5.91 Å². The van der Waals surface area contributed by atoms with Gasteiger partial charge in [0.25, 0.3) is 0 Å². The molecule has 1 aliphatic heterocycles. The van der Waals surface area contributed by atoms with Crippen LogP contribution >= 0.6 is 0 Å². The molecule has 0 bridgehead atoms. The number of nitrogens with one attached hydrogen (secondary N) is 1. The predicted molar refractivity (Wildman–Crippen MR) is 120 cm³/mol. The van der Waals surface area contributed by atoms with Gasteiger partial charge in [-0.3, -0.25) is 9.69 Å². The number of carbonyl (C=O) groups excluding carboxylic acids is 1. The maximum atomic E-state index is 12.1. The molecule has 2 fully saturated rings. The second-order valence-electron chi connectivity index (χ2n) is 9.32. The van der Waals surface area contributed by atoms with Crippen LogP contribution in [0.25, 0.3) is 0 Å². The van der Waals surface area contributed by atoms with E-state index in [1.54, 1.807) is 26.1 Å². The van der Waals surface area contributed by atoms with Crippen molar-refractivity contribution in [3.05, 3.63) is 29.3 Å². The molecule has 1 heterocycles. The fourth-order valence-corrected chi connectivity index (χ4v) is 4.77. The Hall–Kier alpha value is -1.63. The van der Waals surface area contributed by atoms with Gasteiger partial charge in [-0.15, -0.1) is 0 Å². The maximum Gasteiger partial charge on any atom is 0.236 e. The lowest BCUT2D eigenvalue weighted by molar-refractivity contribution is -0.147. The van der Waals surface area contributed by atoms with Crippen LogP contribution in [0.4, 0.5) is 0 Å². The number of nitrogens with zero attached hydrogens (tertiary/aromatic N) is 2. The van der Waals surface area contributed by atoms with Crippen molar-refractivity contribution in [3.63, 3.8) is 0 Å². The summed E-state index contributed by atoms with van der Waals surface area (Å²) in [4.78, 5) is 16.3. The van der Waals surface area contributed by atoms with Crippen molar-refractivity contribution in [1.29, 1.82) is 0 Å². The zero-order chi connectivity index (χ0) is 21.7. The third-order valence-corrected chi connectivity index (χ3v) is 6.63. The van der Waals surface area contributed by atoms with Gasteiger partial charge in [-0.2, -0.15) is 0 Å². The molecule has 0 unspecified atom stereocenters. The lowest BCUT2D eigenvalue weighted by atomic mass is 9.78. The van der Waals surface area contributed by atoms with Gasteiger partial charge < -0.3 is 19.7 Å². The first-order valence-electron chi connectivity index (χ1n) is 11.3. The number of hydrogen-bond acceptors (Lipinski definition) is 5. The van der Waals surface area contributed by atoms with E-state index in [0.29, 0.717) is 12.5 Å². The molecule has 1 saturated carbocycles. The minimum Gasteiger partial charge on any atom is -0.496 e. The van der Waals surface area contributed by atoms with Crippen molar-refractivity contribution in [2.75, 3.05) is 47.4 Å². The van der Waals surface area contributed by atoms with Crippen molar-refractivity contribution in [1.82, 2.24) is 15.1 Å². The van der Waals surface area contributed by atoms with Crippen molar-refractivity contribution in [2.45, 2.75) is 63.6 Å². The highest BCUT2D eigenvalue weighted by Gasteiger charge is 2.45.